The Morgan fingerprint density at radius 2 is 0.360 bits per heavy atom. The van der Waals surface area contributed by atoms with Gasteiger partial charge in [0.25, 0.3) is 0 Å². The molecular weight excluding hydrogens is 925 g/mol. The zero-order valence-corrected chi connectivity index (χ0v) is 51.4. The van der Waals surface area contributed by atoms with Gasteiger partial charge in [0.2, 0.25) is 0 Å². The second-order valence-corrected chi connectivity index (χ2v) is 23.8. The largest absolute Gasteiger partial charge is 0.462 e. The molecule has 0 radical (unpaired) electrons. The number of rotatable bonds is 65. The first-order valence-electron chi connectivity index (χ1n) is 34.5. The molecule has 0 N–H and O–H groups in total. The number of hydrogen-bond donors (Lipinski definition) is 0. The molecule has 0 amide bonds. The van der Waals surface area contributed by atoms with Crippen LogP contribution in [0.25, 0.3) is 0 Å². The molecule has 6 nitrogen and oxygen atoms in total. The SMILES string of the molecule is CCCCCCCCCCCCCCCCCCCCCCCCCCCCCCCCCCCCC(=O)OCC(COC(=O)CCCCCCCC)OC(=O)CCCCCCCCCCCCCCCCCCC. The predicted molar refractivity (Wildman–Crippen MR) is 326 cm³/mol. The molecular formula is C69H134O6. The van der Waals surface area contributed by atoms with Crippen LogP contribution in [0.3, 0.4) is 0 Å². The fourth-order valence-corrected chi connectivity index (χ4v) is 10.9. The van der Waals surface area contributed by atoms with Crippen molar-refractivity contribution in [3.63, 3.8) is 0 Å². The van der Waals surface area contributed by atoms with E-state index in [4.69, 9.17) is 14.2 Å². The summed E-state index contributed by atoms with van der Waals surface area (Å²) in [6.45, 7) is 6.66. The smallest absolute Gasteiger partial charge is 0.306 e. The standard InChI is InChI=1S/C69H134O6/c1-4-7-10-13-16-18-20-22-24-26-27-28-29-30-31-32-33-34-35-36-37-38-39-40-41-42-44-45-47-49-51-53-56-59-62-68(71)74-65-66(64-73-67(70)61-58-55-15-12-9-6-3)75-69(72)63-60-57-54-52-50-48-46-43-25-23-21-19-17-14-11-8-5-2/h66H,4-65H2,1-3H3. The molecule has 0 aliphatic rings. The summed E-state index contributed by atoms with van der Waals surface area (Å²) in [4.78, 5) is 38.0. The Morgan fingerprint density at radius 3 is 0.533 bits per heavy atom. The minimum atomic E-state index is -0.760. The fraction of sp³-hybridized carbons (Fsp3) is 0.957. The lowest BCUT2D eigenvalue weighted by molar-refractivity contribution is -0.167. The predicted octanol–water partition coefficient (Wildman–Crippen LogP) is 23.5. The molecule has 75 heavy (non-hydrogen) atoms. The average molecular weight is 1060 g/mol. The molecule has 0 saturated carbocycles. The Hall–Kier alpha value is -1.59. The minimum absolute atomic E-state index is 0.0619. The highest BCUT2D eigenvalue weighted by Gasteiger charge is 2.19. The van der Waals surface area contributed by atoms with Crippen molar-refractivity contribution in [1.29, 1.82) is 0 Å². The lowest BCUT2D eigenvalue weighted by Gasteiger charge is -2.18. The monoisotopic (exact) mass is 1060 g/mol. The summed E-state index contributed by atoms with van der Waals surface area (Å²) in [7, 11) is 0. The van der Waals surface area contributed by atoms with Gasteiger partial charge in [-0.2, -0.15) is 0 Å². The van der Waals surface area contributed by atoms with Gasteiger partial charge in [-0.15, -0.1) is 0 Å². The molecule has 0 saturated heterocycles. The maximum absolute atomic E-state index is 12.8. The van der Waals surface area contributed by atoms with Crippen LogP contribution in [0, 0.1) is 0 Å². The number of unbranched alkanes of at least 4 members (excludes halogenated alkanes) is 54. The van der Waals surface area contributed by atoms with Crippen molar-refractivity contribution in [2.75, 3.05) is 13.2 Å². The van der Waals surface area contributed by atoms with Gasteiger partial charge in [0.05, 0.1) is 0 Å². The second-order valence-electron chi connectivity index (χ2n) is 23.8. The van der Waals surface area contributed by atoms with E-state index >= 15 is 0 Å². The van der Waals surface area contributed by atoms with Crippen LogP contribution in [0.5, 0.6) is 0 Å². The van der Waals surface area contributed by atoms with Crippen molar-refractivity contribution in [1.82, 2.24) is 0 Å². The maximum Gasteiger partial charge on any atom is 0.306 e. The van der Waals surface area contributed by atoms with Crippen LogP contribution in [0.2, 0.25) is 0 Å². The summed E-state index contributed by atoms with van der Waals surface area (Å²) in [5.74, 6) is -0.841. The van der Waals surface area contributed by atoms with Crippen molar-refractivity contribution < 1.29 is 28.6 Å². The Bertz CT molecular complexity index is 1120. The van der Waals surface area contributed by atoms with Crippen LogP contribution in [0.1, 0.15) is 406 Å². The molecule has 0 fully saturated rings. The first-order chi connectivity index (χ1) is 37.0. The van der Waals surface area contributed by atoms with Crippen LogP contribution in [-0.4, -0.2) is 37.2 Å². The summed E-state index contributed by atoms with van der Waals surface area (Å²) in [5.41, 5.74) is 0. The van der Waals surface area contributed by atoms with E-state index in [1.807, 2.05) is 0 Å². The van der Waals surface area contributed by atoms with E-state index in [2.05, 4.69) is 20.8 Å². The number of carbonyl (C=O) groups excluding carboxylic acids is 3. The van der Waals surface area contributed by atoms with Crippen molar-refractivity contribution in [2.45, 2.75) is 412 Å². The highest BCUT2D eigenvalue weighted by atomic mass is 16.6. The molecule has 0 spiro atoms. The Kier molecular flexibility index (Phi) is 63.6. The Morgan fingerprint density at radius 1 is 0.213 bits per heavy atom. The molecule has 0 aliphatic heterocycles. The topological polar surface area (TPSA) is 78.9 Å². The quantitative estimate of drug-likeness (QED) is 0.0343. The van der Waals surface area contributed by atoms with Gasteiger partial charge < -0.3 is 14.2 Å². The third-order valence-corrected chi connectivity index (χ3v) is 16.1. The fourth-order valence-electron chi connectivity index (χ4n) is 10.9. The van der Waals surface area contributed by atoms with E-state index in [1.165, 1.54) is 308 Å². The third kappa shape index (κ3) is 63.1. The van der Waals surface area contributed by atoms with Crippen LogP contribution in [-0.2, 0) is 28.6 Å². The van der Waals surface area contributed by atoms with E-state index in [9.17, 15) is 14.4 Å². The molecule has 0 aliphatic carbocycles. The molecule has 0 rings (SSSR count). The van der Waals surface area contributed by atoms with E-state index in [1.54, 1.807) is 0 Å². The summed E-state index contributed by atoms with van der Waals surface area (Å²) in [5, 5.41) is 0. The molecule has 1 atom stereocenters. The number of ether oxygens (including phenoxy) is 3. The summed E-state index contributed by atoms with van der Waals surface area (Å²) in [6, 6.07) is 0. The average Bonchev–Trinajstić information content (AvgIpc) is 3.41. The van der Waals surface area contributed by atoms with Crippen LogP contribution < -0.4 is 0 Å². The first kappa shape index (κ1) is 73.4. The molecule has 0 heterocycles. The maximum atomic E-state index is 12.8. The van der Waals surface area contributed by atoms with Gasteiger partial charge in [-0.05, 0) is 19.3 Å². The van der Waals surface area contributed by atoms with Crippen LogP contribution in [0.15, 0.2) is 0 Å². The number of carbonyl (C=O) groups is 3. The van der Waals surface area contributed by atoms with Crippen LogP contribution in [0.4, 0.5) is 0 Å². The summed E-state index contributed by atoms with van der Waals surface area (Å²) < 4.78 is 16.8. The van der Waals surface area contributed by atoms with Gasteiger partial charge in [0.1, 0.15) is 13.2 Å². The molecule has 1 unspecified atom stereocenters. The zero-order valence-electron chi connectivity index (χ0n) is 51.4. The van der Waals surface area contributed by atoms with Gasteiger partial charge >= 0.3 is 17.9 Å². The minimum Gasteiger partial charge on any atom is -0.462 e. The Balaban J connectivity index is 3.86. The van der Waals surface area contributed by atoms with Crippen LogP contribution >= 0.6 is 0 Å². The van der Waals surface area contributed by atoms with E-state index in [-0.39, 0.29) is 31.1 Å². The van der Waals surface area contributed by atoms with Crippen molar-refractivity contribution >= 4 is 17.9 Å². The number of hydrogen-bond acceptors (Lipinski definition) is 6. The highest BCUT2D eigenvalue weighted by Crippen LogP contribution is 2.19. The number of esters is 3. The van der Waals surface area contributed by atoms with Crippen molar-refractivity contribution in [3.8, 4) is 0 Å². The van der Waals surface area contributed by atoms with Crippen molar-refractivity contribution in [2.24, 2.45) is 0 Å². The molecule has 6 heteroatoms. The molecule has 0 aromatic heterocycles. The van der Waals surface area contributed by atoms with Gasteiger partial charge in [0, 0.05) is 19.3 Å². The van der Waals surface area contributed by atoms with E-state index in [0.29, 0.717) is 19.3 Å². The molecule has 0 bridgehead atoms. The normalized spacial score (nSPS) is 11.9. The van der Waals surface area contributed by atoms with Gasteiger partial charge in [-0.1, -0.05) is 367 Å². The lowest BCUT2D eigenvalue weighted by atomic mass is 10.0. The second kappa shape index (κ2) is 64.9. The van der Waals surface area contributed by atoms with E-state index < -0.39 is 6.10 Å². The third-order valence-electron chi connectivity index (χ3n) is 16.1. The van der Waals surface area contributed by atoms with E-state index in [0.717, 1.165) is 57.8 Å². The summed E-state index contributed by atoms with van der Waals surface area (Å²) in [6.07, 6.45) is 76.2. The summed E-state index contributed by atoms with van der Waals surface area (Å²) >= 11 is 0. The van der Waals surface area contributed by atoms with Gasteiger partial charge in [-0.3, -0.25) is 14.4 Å². The van der Waals surface area contributed by atoms with Gasteiger partial charge in [0.15, 0.2) is 6.10 Å². The first-order valence-corrected chi connectivity index (χ1v) is 34.5. The van der Waals surface area contributed by atoms with Crippen molar-refractivity contribution in [3.05, 3.63) is 0 Å². The zero-order chi connectivity index (χ0) is 54.3. The highest BCUT2D eigenvalue weighted by molar-refractivity contribution is 5.71. The lowest BCUT2D eigenvalue weighted by Crippen LogP contribution is -2.30. The molecule has 0 aromatic rings. The molecule has 446 valence electrons. The molecule has 0 aromatic carbocycles. The van der Waals surface area contributed by atoms with Gasteiger partial charge in [-0.25, -0.2) is 0 Å². The Labute approximate surface area is 469 Å².